The third-order valence-electron chi connectivity index (χ3n) is 2.15. The summed E-state index contributed by atoms with van der Waals surface area (Å²) in [5.74, 6) is 0. The Bertz CT molecular complexity index is 356. The molecule has 1 nitrogen and oxygen atoms in total. The molecule has 1 heterocycles. The van der Waals surface area contributed by atoms with E-state index in [2.05, 4.69) is 25.1 Å². The highest BCUT2D eigenvalue weighted by molar-refractivity contribution is 8.21. The molecule has 0 fully saturated rings. The van der Waals surface area contributed by atoms with E-state index in [0.717, 1.165) is 12.8 Å². The van der Waals surface area contributed by atoms with E-state index < -0.39 is 0 Å². The highest BCUT2D eigenvalue weighted by Crippen LogP contribution is 2.57. The average Bonchev–Trinajstić information content (AvgIpc) is 2.57. The molecule has 0 aromatic heterocycles. The van der Waals surface area contributed by atoms with E-state index in [-0.39, 0.29) is 4.08 Å². The number of thioether (sulfide) groups is 2. The van der Waals surface area contributed by atoms with Gasteiger partial charge in [0.05, 0.1) is 6.07 Å². The first-order chi connectivity index (χ1) is 6.79. The molecule has 0 N–H and O–H groups in total. The van der Waals surface area contributed by atoms with Crippen LogP contribution in [-0.4, -0.2) is 4.08 Å². The van der Waals surface area contributed by atoms with Gasteiger partial charge in [-0.15, -0.1) is 0 Å². The fraction of sp³-hybridized carbons (Fsp3) is 0.364. The zero-order chi connectivity index (χ0) is 10.0. The summed E-state index contributed by atoms with van der Waals surface area (Å²) in [6, 6.07) is 10.7. The predicted octanol–water partition coefficient (Wildman–Crippen LogP) is 3.90. The highest BCUT2D eigenvalue weighted by atomic mass is 32.2. The van der Waals surface area contributed by atoms with Crippen LogP contribution in [0.1, 0.15) is 19.8 Å². The first-order valence-corrected chi connectivity index (χ1v) is 6.31. The number of hydrogen-bond acceptors (Lipinski definition) is 3. The van der Waals surface area contributed by atoms with Gasteiger partial charge in [-0.3, -0.25) is 0 Å². The largest absolute Gasteiger partial charge is 0.196 e. The van der Waals surface area contributed by atoms with E-state index in [1.807, 2.05) is 12.1 Å². The number of nitrogens with zero attached hydrogens (tertiary/aromatic N) is 1. The second kappa shape index (κ2) is 3.88. The van der Waals surface area contributed by atoms with Gasteiger partial charge in [0.25, 0.3) is 0 Å². The van der Waals surface area contributed by atoms with Crippen molar-refractivity contribution < 1.29 is 0 Å². The van der Waals surface area contributed by atoms with Crippen molar-refractivity contribution in [1.82, 2.24) is 0 Å². The molecule has 2 rings (SSSR count). The Morgan fingerprint density at radius 3 is 2.29 bits per heavy atom. The van der Waals surface area contributed by atoms with Crippen LogP contribution in [0.25, 0.3) is 0 Å². The summed E-state index contributed by atoms with van der Waals surface area (Å²) >= 11 is 3.42. The third-order valence-corrected chi connectivity index (χ3v) is 5.18. The first kappa shape index (κ1) is 9.95. The van der Waals surface area contributed by atoms with Crippen molar-refractivity contribution in [2.75, 3.05) is 0 Å². The topological polar surface area (TPSA) is 23.8 Å². The maximum Gasteiger partial charge on any atom is 0.157 e. The Hall–Kier alpha value is -0.590. The van der Waals surface area contributed by atoms with Crippen molar-refractivity contribution in [2.24, 2.45) is 0 Å². The number of hydrogen-bond donors (Lipinski definition) is 0. The quantitative estimate of drug-likeness (QED) is 0.756. The zero-order valence-electron chi connectivity index (χ0n) is 7.99. The summed E-state index contributed by atoms with van der Waals surface area (Å²) in [6.07, 6.45) is 2.01. The Morgan fingerprint density at radius 2 is 1.86 bits per heavy atom. The lowest BCUT2D eigenvalue weighted by molar-refractivity contribution is 0.803. The summed E-state index contributed by atoms with van der Waals surface area (Å²) in [5, 5.41) is 9.23. The Morgan fingerprint density at radius 1 is 1.29 bits per heavy atom. The monoisotopic (exact) mass is 221 g/mol. The maximum absolute atomic E-state index is 9.23. The van der Waals surface area contributed by atoms with Crippen molar-refractivity contribution in [3.05, 3.63) is 24.3 Å². The molecule has 0 bridgehead atoms. The number of fused-ring (bicyclic) bond motifs is 1. The molecule has 0 saturated heterocycles. The Kier molecular flexibility index (Phi) is 2.76. The van der Waals surface area contributed by atoms with Gasteiger partial charge in [0.15, 0.2) is 4.08 Å². The van der Waals surface area contributed by atoms with Gasteiger partial charge in [0, 0.05) is 9.79 Å². The molecular weight excluding hydrogens is 210 g/mol. The molecule has 0 amide bonds. The molecule has 0 aliphatic carbocycles. The van der Waals surface area contributed by atoms with E-state index in [1.165, 1.54) is 9.79 Å². The van der Waals surface area contributed by atoms with Gasteiger partial charge in [-0.05, 0) is 18.6 Å². The van der Waals surface area contributed by atoms with Crippen molar-refractivity contribution in [3.63, 3.8) is 0 Å². The van der Waals surface area contributed by atoms with Gasteiger partial charge >= 0.3 is 0 Å². The normalized spacial score (nSPS) is 17.4. The summed E-state index contributed by atoms with van der Waals surface area (Å²) in [5.41, 5.74) is 0. The van der Waals surface area contributed by atoms with E-state index >= 15 is 0 Å². The predicted molar refractivity (Wildman–Crippen MR) is 61.4 cm³/mol. The molecule has 0 atom stereocenters. The summed E-state index contributed by atoms with van der Waals surface area (Å²) in [7, 11) is 0. The van der Waals surface area contributed by atoms with Crippen molar-refractivity contribution in [2.45, 2.75) is 33.6 Å². The zero-order valence-corrected chi connectivity index (χ0v) is 9.62. The molecule has 3 heteroatoms. The van der Waals surface area contributed by atoms with Crippen molar-refractivity contribution >= 4 is 23.5 Å². The van der Waals surface area contributed by atoms with Crippen LogP contribution in [0.15, 0.2) is 34.1 Å². The summed E-state index contributed by atoms with van der Waals surface area (Å²) < 4.78 is -0.265. The molecule has 0 unspecified atom stereocenters. The number of nitriles is 1. The van der Waals surface area contributed by atoms with E-state index in [0.29, 0.717) is 0 Å². The molecule has 0 radical (unpaired) electrons. The van der Waals surface area contributed by atoms with Gasteiger partial charge in [0.1, 0.15) is 0 Å². The van der Waals surface area contributed by atoms with Crippen LogP contribution < -0.4 is 0 Å². The molecule has 1 aromatic carbocycles. The molecule has 14 heavy (non-hydrogen) atoms. The van der Waals surface area contributed by atoms with Gasteiger partial charge in [-0.1, -0.05) is 49.0 Å². The minimum Gasteiger partial charge on any atom is -0.196 e. The number of benzene rings is 1. The molecule has 1 aliphatic heterocycles. The van der Waals surface area contributed by atoms with E-state index in [9.17, 15) is 5.26 Å². The van der Waals surface area contributed by atoms with Crippen LogP contribution in [0.3, 0.4) is 0 Å². The molecule has 1 aliphatic rings. The second-order valence-corrected chi connectivity index (χ2v) is 6.21. The van der Waals surface area contributed by atoms with Crippen molar-refractivity contribution in [1.29, 1.82) is 5.26 Å². The van der Waals surface area contributed by atoms with Crippen LogP contribution in [0, 0.1) is 11.3 Å². The van der Waals surface area contributed by atoms with Crippen LogP contribution in [0.4, 0.5) is 0 Å². The van der Waals surface area contributed by atoms with Gasteiger partial charge < -0.3 is 0 Å². The fourth-order valence-corrected chi connectivity index (χ4v) is 4.53. The van der Waals surface area contributed by atoms with E-state index in [1.54, 1.807) is 23.5 Å². The fourth-order valence-electron chi connectivity index (χ4n) is 1.53. The lowest BCUT2D eigenvalue weighted by Gasteiger charge is -2.16. The molecule has 0 spiro atoms. The highest BCUT2D eigenvalue weighted by Gasteiger charge is 2.38. The molecule has 0 saturated carbocycles. The third kappa shape index (κ3) is 1.65. The van der Waals surface area contributed by atoms with Gasteiger partial charge in [0.2, 0.25) is 0 Å². The average molecular weight is 221 g/mol. The van der Waals surface area contributed by atoms with Gasteiger partial charge in [-0.2, -0.15) is 5.26 Å². The lowest BCUT2D eigenvalue weighted by Crippen LogP contribution is -2.12. The minimum atomic E-state index is -0.265. The number of rotatable bonds is 2. The lowest BCUT2D eigenvalue weighted by atomic mass is 10.2. The Balaban J connectivity index is 2.29. The van der Waals surface area contributed by atoms with Crippen LogP contribution in [0.2, 0.25) is 0 Å². The van der Waals surface area contributed by atoms with Gasteiger partial charge in [-0.25, -0.2) is 0 Å². The van der Waals surface area contributed by atoms with E-state index in [4.69, 9.17) is 0 Å². The van der Waals surface area contributed by atoms with Crippen LogP contribution in [0.5, 0.6) is 0 Å². The standard InChI is InChI=1S/C11H11NS2/c1-2-7-11(8-12)13-9-5-3-4-6-10(9)14-11/h3-6H,2,7H2,1H3. The Labute approximate surface area is 92.9 Å². The summed E-state index contributed by atoms with van der Waals surface area (Å²) in [4.78, 5) is 2.51. The molecule has 72 valence electrons. The minimum absolute atomic E-state index is 0.265. The van der Waals surface area contributed by atoms with Crippen LogP contribution >= 0.6 is 23.5 Å². The molecule has 1 aromatic rings. The van der Waals surface area contributed by atoms with Crippen molar-refractivity contribution in [3.8, 4) is 6.07 Å². The molecular formula is C11H11NS2. The van der Waals surface area contributed by atoms with Crippen LogP contribution in [-0.2, 0) is 0 Å². The SMILES string of the molecule is CCCC1(C#N)Sc2ccccc2S1. The summed E-state index contributed by atoms with van der Waals surface area (Å²) in [6.45, 7) is 2.13. The first-order valence-electron chi connectivity index (χ1n) is 4.68. The smallest absolute Gasteiger partial charge is 0.157 e. The maximum atomic E-state index is 9.23. The second-order valence-electron chi connectivity index (χ2n) is 3.27.